The van der Waals surface area contributed by atoms with E-state index in [1.807, 2.05) is 0 Å². The standard InChI is InChI=1S/C17H25BrN2O/c1-2-12-3-5-20(16(7-12)10-19)11-14-9-15(18)8-13-4-6-21-17(13)14/h8-9,12,16H,2-7,10-11,19H2,1H3. The number of rotatable bonds is 4. The molecule has 2 heterocycles. The average Bonchev–Trinajstić information content (AvgIpc) is 2.96. The second-order valence-corrected chi connectivity index (χ2v) is 7.23. The third-order valence-corrected chi connectivity index (χ3v) is 5.45. The molecule has 0 radical (unpaired) electrons. The van der Waals surface area contributed by atoms with Gasteiger partial charge in [0.25, 0.3) is 0 Å². The van der Waals surface area contributed by atoms with E-state index in [-0.39, 0.29) is 0 Å². The third-order valence-electron chi connectivity index (χ3n) is 4.99. The van der Waals surface area contributed by atoms with Crippen LogP contribution in [0.4, 0.5) is 0 Å². The van der Waals surface area contributed by atoms with E-state index in [9.17, 15) is 0 Å². The molecule has 1 saturated heterocycles. The number of piperidine rings is 1. The number of likely N-dealkylation sites (tertiary alicyclic amines) is 1. The molecule has 21 heavy (non-hydrogen) atoms. The van der Waals surface area contributed by atoms with Crippen molar-refractivity contribution in [3.8, 4) is 5.75 Å². The summed E-state index contributed by atoms with van der Waals surface area (Å²) < 4.78 is 7.02. The number of nitrogens with two attached hydrogens (primary N) is 1. The van der Waals surface area contributed by atoms with Gasteiger partial charge in [-0.1, -0.05) is 29.3 Å². The molecular formula is C17H25BrN2O. The van der Waals surface area contributed by atoms with Crippen LogP contribution in [0.5, 0.6) is 5.75 Å². The number of nitrogens with zero attached hydrogens (tertiary/aromatic N) is 1. The highest BCUT2D eigenvalue weighted by Gasteiger charge is 2.28. The van der Waals surface area contributed by atoms with Crippen LogP contribution in [-0.4, -0.2) is 30.6 Å². The van der Waals surface area contributed by atoms with Gasteiger partial charge in [0.1, 0.15) is 5.75 Å². The highest BCUT2D eigenvalue weighted by atomic mass is 79.9. The van der Waals surface area contributed by atoms with Crippen molar-refractivity contribution in [2.45, 2.75) is 45.2 Å². The Morgan fingerprint density at radius 3 is 3.05 bits per heavy atom. The molecule has 1 aromatic rings. The first kappa shape index (κ1) is 15.3. The van der Waals surface area contributed by atoms with E-state index in [1.54, 1.807) is 0 Å². The van der Waals surface area contributed by atoms with Gasteiger partial charge < -0.3 is 10.5 Å². The average molecular weight is 353 g/mol. The van der Waals surface area contributed by atoms with E-state index in [4.69, 9.17) is 10.5 Å². The van der Waals surface area contributed by atoms with E-state index in [0.29, 0.717) is 6.04 Å². The van der Waals surface area contributed by atoms with Gasteiger partial charge in [-0.2, -0.15) is 0 Å². The summed E-state index contributed by atoms with van der Waals surface area (Å²) in [4.78, 5) is 2.55. The topological polar surface area (TPSA) is 38.5 Å². The molecule has 2 unspecified atom stereocenters. The van der Waals surface area contributed by atoms with Crippen LogP contribution in [0.3, 0.4) is 0 Å². The zero-order valence-electron chi connectivity index (χ0n) is 12.8. The second-order valence-electron chi connectivity index (χ2n) is 6.31. The SMILES string of the molecule is CCC1CCN(Cc2cc(Br)cc3c2OCC3)C(CN)C1. The fourth-order valence-corrected chi connectivity index (χ4v) is 4.24. The van der Waals surface area contributed by atoms with Crippen LogP contribution in [-0.2, 0) is 13.0 Å². The fraction of sp³-hybridized carbons (Fsp3) is 0.647. The number of fused-ring (bicyclic) bond motifs is 1. The van der Waals surface area contributed by atoms with Gasteiger partial charge in [-0.3, -0.25) is 4.90 Å². The molecule has 0 bridgehead atoms. The summed E-state index contributed by atoms with van der Waals surface area (Å²) in [5, 5.41) is 0. The smallest absolute Gasteiger partial charge is 0.127 e. The molecule has 0 aliphatic carbocycles. The molecule has 3 nitrogen and oxygen atoms in total. The van der Waals surface area contributed by atoms with Gasteiger partial charge in [0, 0.05) is 35.6 Å². The summed E-state index contributed by atoms with van der Waals surface area (Å²) in [6.07, 6.45) is 4.84. The van der Waals surface area contributed by atoms with E-state index in [2.05, 4.69) is 39.9 Å². The summed E-state index contributed by atoms with van der Waals surface area (Å²) in [5.74, 6) is 1.96. The molecule has 0 saturated carbocycles. The number of hydrogen-bond donors (Lipinski definition) is 1. The third kappa shape index (κ3) is 3.27. The molecule has 2 atom stereocenters. The Morgan fingerprint density at radius 2 is 2.29 bits per heavy atom. The molecule has 1 fully saturated rings. The van der Waals surface area contributed by atoms with Gasteiger partial charge in [-0.25, -0.2) is 0 Å². The van der Waals surface area contributed by atoms with Crippen molar-refractivity contribution in [1.29, 1.82) is 0 Å². The normalized spacial score (nSPS) is 25.7. The summed E-state index contributed by atoms with van der Waals surface area (Å²) in [5.41, 5.74) is 8.68. The van der Waals surface area contributed by atoms with Crippen molar-refractivity contribution in [1.82, 2.24) is 4.90 Å². The Morgan fingerprint density at radius 1 is 1.43 bits per heavy atom. The van der Waals surface area contributed by atoms with Crippen molar-refractivity contribution in [2.75, 3.05) is 19.7 Å². The minimum absolute atomic E-state index is 0.514. The first-order valence-electron chi connectivity index (χ1n) is 8.09. The Kier molecular flexibility index (Phi) is 4.87. The van der Waals surface area contributed by atoms with Crippen LogP contribution in [0, 0.1) is 5.92 Å². The predicted molar refractivity (Wildman–Crippen MR) is 89.6 cm³/mol. The van der Waals surface area contributed by atoms with Crippen molar-refractivity contribution in [3.63, 3.8) is 0 Å². The van der Waals surface area contributed by atoms with Gasteiger partial charge in [0.15, 0.2) is 0 Å². The van der Waals surface area contributed by atoms with E-state index in [0.717, 1.165) is 48.8 Å². The van der Waals surface area contributed by atoms with Gasteiger partial charge >= 0.3 is 0 Å². The van der Waals surface area contributed by atoms with Gasteiger partial charge in [0.05, 0.1) is 6.61 Å². The molecule has 2 aliphatic heterocycles. The molecular weight excluding hydrogens is 328 g/mol. The van der Waals surface area contributed by atoms with E-state index < -0.39 is 0 Å². The van der Waals surface area contributed by atoms with Crippen molar-refractivity contribution < 1.29 is 4.74 Å². The lowest BCUT2D eigenvalue weighted by atomic mass is 9.88. The molecule has 3 rings (SSSR count). The Bertz CT molecular complexity index is 506. The lowest BCUT2D eigenvalue weighted by Crippen LogP contribution is -2.46. The number of hydrogen-bond acceptors (Lipinski definition) is 3. The van der Waals surface area contributed by atoms with Crippen molar-refractivity contribution in [3.05, 3.63) is 27.7 Å². The van der Waals surface area contributed by atoms with Crippen LogP contribution in [0.15, 0.2) is 16.6 Å². The largest absolute Gasteiger partial charge is 0.493 e. The lowest BCUT2D eigenvalue weighted by Gasteiger charge is -2.39. The van der Waals surface area contributed by atoms with Crippen LogP contribution in [0.25, 0.3) is 0 Å². The molecule has 2 aliphatic rings. The molecule has 1 aromatic carbocycles. The molecule has 2 N–H and O–H groups in total. The number of benzene rings is 1. The molecule has 0 aromatic heterocycles. The second kappa shape index (κ2) is 6.67. The van der Waals surface area contributed by atoms with Crippen molar-refractivity contribution in [2.24, 2.45) is 11.7 Å². The highest BCUT2D eigenvalue weighted by molar-refractivity contribution is 9.10. The van der Waals surface area contributed by atoms with Gasteiger partial charge in [0.2, 0.25) is 0 Å². The van der Waals surface area contributed by atoms with Crippen molar-refractivity contribution >= 4 is 15.9 Å². The number of halogens is 1. The summed E-state index contributed by atoms with van der Waals surface area (Å²) >= 11 is 3.63. The van der Waals surface area contributed by atoms with Crippen LogP contribution < -0.4 is 10.5 Å². The summed E-state index contributed by atoms with van der Waals surface area (Å²) in [6.45, 7) is 5.98. The molecule has 116 valence electrons. The maximum Gasteiger partial charge on any atom is 0.127 e. The van der Waals surface area contributed by atoms with Crippen LogP contribution >= 0.6 is 15.9 Å². The number of ether oxygens (including phenoxy) is 1. The van der Waals surface area contributed by atoms with E-state index in [1.165, 1.54) is 30.4 Å². The summed E-state index contributed by atoms with van der Waals surface area (Å²) in [6, 6.07) is 4.92. The quantitative estimate of drug-likeness (QED) is 0.902. The predicted octanol–water partition coefficient (Wildman–Crippen LogP) is 3.33. The minimum atomic E-state index is 0.514. The van der Waals surface area contributed by atoms with Crippen LogP contribution in [0.2, 0.25) is 0 Å². The monoisotopic (exact) mass is 352 g/mol. The zero-order chi connectivity index (χ0) is 14.8. The van der Waals surface area contributed by atoms with Crippen LogP contribution in [0.1, 0.15) is 37.3 Å². The Labute approximate surface area is 136 Å². The van der Waals surface area contributed by atoms with Gasteiger partial charge in [-0.05, 0) is 43.0 Å². The highest BCUT2D eigenvalue weighted by Crippen LogP contribution is 2.35. The molecule has 0 spiro atoms. The zero-order valence-corrected chi connectivity index (χ0v) is 14.4. The summed E-state index contributed by atoms with van der Waals surface area (Å²) in [7, 11) is 0. The fourth-order valence-electron chi connectivity index (χ4n) is 3.69. The Balaban J connectivity index is 1.77. The maximum absolute atomic E-state index is 6.02. The molecule has 4 heteroatoms. The lowest BCUT2D eigenvalue weighted by molar-refractivity contribution is 0.106. The first-order valence-corrected chi connectivity index (χ1v) is 8.88. The van der Waals surface area contributed by atoms with E-state index >= 15 is 0 Å². The Hall–Kier alpha value is -0.580. The first-order chi connectivity index (χ1) is 10.2. The minimum Gasteiger partial charge on any atom is -0.493 e. The molecule has 0 amide bonds. The van der Waals surface area contributed by atoms with Gasteiger partial charge in [-0.15, -0.1) is 0 Å². The maximum atomic E-state index is 6.02.